The molecule has 1 amide bonds. The topological polar surface area (TPSA) is 87.1 Å². The Balaban J connectivity index is 1.20. The molecule has 30 heavy (non-hydrogen) atoms. The molecule has 4 aromatic rings. The molecule has 0 aliphatic carbocycles. The third-order valence-corrected chi connectivity index (χ3v) is 5.85. The van der Waals surface area contributed by atoms with E-state index in [1.807, 2.05) is 47.4 Å². The van der Waals surface area contributed by atoms with Gasteiger partial charge in [-0.25, -0.2) is 4.98 Å². The number of pyridine rings is 1. The van der Waals surface area contributed by atoms with E-state index >= 15 is 0 Å². The van der Waals surface area contributed by atoms with E-state index in [0.29, 0.717) is 24.5 Å². The van der Waals surface area contributed by atoms with Crippen molar-refractivity contribution in [3.8, 4) is 0 Å². The number of nitrogens with one attached hydrogen (secondary N) is 1. The van der Waals surface area contributed by atoms with Crippen molar-refractivity contribution in [2.75, 3.05) is 36.4 Å². The van der Waals surface area contributed by atoms with Crippen LogP contribution in [0.5, 0.6) is 0 Å². The van der Waals surface area contributed by atoms with Crippen LogP contribution < -0.4 is 10.2 Å². The molecule has 1 aliphatic rings. The molecule has 150 valence electrons. The zero-order valence-electron chi connectivity index (χ0n) is 16.1. The molecule has 0 spiro atoms. The number of carbonyl (C=O) groups is 1. The van der Waals surface area contributed by atoms with Crippen LogP contribution in [0.15, 0.2) is 60.4 Å². The van der Waals surface area contributed by atoms with Gasteiger partial charge in [-0.1, -0.05) is 0 Å². The quantitative estimate of drug-likeness (QED) is 0.546. The first-order valence-corrected chi connectivity index (χ1v) is 10.5. The summed E-state index contributed by atoms with van der Waals surface area (Å²) in [4.78, 5) is 25.3. The summed E-state index contributed by atoms with van der Waals surface area (Å²) >= 11 is 1.55. The number of piperazine rings is 1. The van der Waals surface area contributed by atoms with Crippen LogP contribution in [-0.2, 0) is 0 Å². The van der Waals surface area contributed by atoms with Gasteiger partial charge in [-0.2, -0.15) is 0 Å². The second-order valence-electron chi connectivity index (χ2n) is 6.96. The number of aromatic nitrogens is 4. The largest absolute Gasteiger partial charge is 0.352 e. The molecular weight excluding hydrogens is 398 g/mol. The molecule has 0 atom stereocenters. The van der Waals surface area contributed by atoms with Gasteiger partial charge < -0.3 is 15.1 Å². The summed E-state index contributed by atoms with van der Waals surface area (Å²) < 4.78 is 1.04. The van der Waals surface area contributed by atoms with Gasteiger partial charge in [0, 0.05) is 37.9 Å². The predicted molar refractivity (Wildman–Crippen MR) is 117 cm³/mol. The van der Waals surface area contributed by atoms with Crippen LogP contribution in [0.4, 0.5) is 17.3 Å². The normalized spacial score (nSPS) is 14.1. The molecule has 1 aromatic carbocycles. The van der Waals surface area contributed by atoms with Gasteiger partial charge in [0.15, 0.2) is 11.6 Å². The lowest BCUT2D eigenvalue weighted by Gasteiger charge is -2.35. The minimum absolute atomic E-state index is 0.0621. The monoisotopic (exact) mass is 417 g/mol. The van der Waals surface area contributed by atoms with E-state index in [9.17, 15) is 4.79 Å². The average molecular weight is 417 g/mol. The number of carbonyl (C=O) groups excluding carboxylic acids is 1. The van der Waals surface area contributed by atoms with Gasteiger partial charge in [0.1, 0.15) is 0 Å². The Labute approximate surface area is 177 Å². The number of anilines is 3. The minimum atomic E-state index is 0.0621. The number of benzene rings is 1. The van der Waals surface area contributed by atoms with Gasteiger partial charge in [0.25, 0.3) is 5.91 Å². The first-order valence-electron chi connectivity index (χ1n) is 9.64. The minimum Gasteiger partial charge on any atom is -0.352 e. The second kappa shape index (κ2) is 8.03. The highest BCUT2D eigenvalue weighted by atomic mass is 32.1. The van der Waals surface area contributed by atoms with Gasteiger partial charge in [0.2, 0.25) is 0 Å². The van der Waals surface area contributed by atoms with Crippen LogP contribution in [0, 0.1) is 0 Å². The van der Waals surface area contributed by atoms with Gasteiger partial charge in [0.05, 0.1) is 27.6 Å². The molecule has 8 nitrogen and oxygen atoms in total. The van der Waals surface area contributed by atoms with Crippen LogP contribution in [-0.4, -0.2) is 57.2 Å². The van der Waals surface area contributed by atoms with Gasteiger partial charge >= 0.3 is 0 Å². The maximum atomic E-state index is 12.9. The highest BCUT2D eigenvalue weighted by molar-refractivity contribution is 7.16. The Morgan fingerprint density at radius 1 is 1.03 bits per heavy atom. The standard InChI is InChI=1S/C21H19N7OS/c29-21(15-3-4-17-18(12-15)30-14-23-17)28-10-8-27(9-11-28)20-6-5-19(25-26-20)24-16-2-1-7-22-13-16/h1-7,12-14H,8-11H2,(H,24,25). The molecule has 0 saturated carbocycles. The van der Waals surface area contributed by atoms with Gasteiger partial charge in [-0.3, -0.25) is 9.78 Å². The maximum absolute atomic E-state index is 12.9. The summed E-state index contributed by atoms with van der Waals surface area (Å²) in [6.07, 6.45) is 3.46. The third kappa shape index (κ3) is 3.79. The van der Waals surface area contributed by atoms with E-state index in [2.05, 4.69) is 30.4 Å². The summed E-state index contributed by atoms with van der Waals surface area (Å²) in [6, 6.07) is 13.3. The van der Waals surface area contributed by atoms with E-state index in [1.54, 1.807) is 29.2 Å². The summed E-state index contributed by atoms with van der Waals surface area (Å²) in [7, 11) is 0. The van der Waals surface area contributed by atoms with Crippen molar-refractivity contribution in [2.24, 2.45) is 0 Å². The molecule has 3 aromatic heterocycles. The number of rotatable bonds is 4. The lowest BCUT2D eigenvalue weighted by molar-refractivity contribution is 0.0746. The van der Waals surface area contributed by atoms with Crippen LogP contribution in [0.3, 0.4) is 0 Å². The summed E-state index contributed by atoms with van der Waals surface area (Å²) in [5, 5.41) is 11.8. The van der Waals surface area contributed by atoms with E-state index in [0.717, 1.165) is 34.8 Å². The van der Waals surface area contributed by atoms with Gasteiger partial charge in [-0.15, -0.1) is 21.5 Å². The molecule has 1 saturated heterocycles. The van der Waals surface area contributed by atoms with Crippen molar-refractivity contribution in [3.63, 3.8) is 0 Å². The predicted octanol–water partition coefficient (Wildman–Crippen LogP) is 3.19. The fourth-order valence-corrected chi connectivity index (χ4v) is 4.17. The molecule has 5 rings (SSSR count). The third-order valence-electron chi connectivity index (χ3n) is 5.05. The molecule has 1 N–H and O–H groups in total. The SMILES string of the molecule is O=C(c1ccc2ncsc2c1)N1CCN(c2ccc(Nc3cccnc3)nn2)CC1. The van der Waals surface area contributed by atoms with Crippen LogP contribution >= 0.6 is 11.3 Å². The Bertz CT molecular complexity index is 1150. The molecule has 1 aliphatic heterocycles. The lowest BCUT2D eigenvalue weighted by atomic mass is 10.1. The van der Waals surface area contributed by atoms with E-state index in [4.69, 9.17) is 0 Å². The van der Waals surface area contributed by atoms with Crippen molar-refractivity contribution < 1.29 is 4.79 Å². The van der Waals surface area contributed by atoms with E-state index in [1.165, 1.54) is 0 Å². The first kappa shape index (κ1) is 18.4. The molecular formula is C21H19N7OS. The molecule has 4 heterocycles. The fraction of sp³-hybridized carbons (Fsp3) is 0.190. The van der Waals surface area contributed by atoms with Crippen LogP contribution in [0.2, 0.25) is 0 Å². The van der Waals surface area contributed by atoms with E-state index < -0.39 is 0 Å². The highest BCUT2D eigenvalue weighted by Crippen LogP contribution is 2.21. The molecule has 0 bridgehead atoms. The van der Waals surface area contributed by atoms with Crippen molar-refractivity contribution in [3.05, 3.63) is 65.9 Å². The van der Waals surface area contributed by atoms with Gasteiger partial charge in [-0.05, 0) is 42.5 Å². The first-order chi connectivity index (χ1) is 14.8. The van der Waals surface area contributed by atoms with Crippen molar-refractivity contribution in [1.29, 1.82) is 0 Å². The molecule has 1 fully saturated rings. The average Bonchev–Trinajstić information content (AvgIpc) is 3.28. The zero-order chi connectivity index (χ0) is 20.3. The number of thiazole rings is 1. The van der Waals surface area contributed by atoms with Crippen molar-refractivity contribution >= 4 is 44.8 Å². The second-order valence-corrected chi connectivity index (χ2v) is 7.84. The van der Waals surface area contributed by atoms with Crippen LogP contribution in [0.25, 0.3) is 10.2 Å². The zero-order valence-corrected chi connectivity index (χ0v) is 16.9. The summed E-state index contributed by atoms with van der Waals surface area (Å²) in [6.45, 7) is 2.74. The Kier molecular flexibility index (Phi) is 4.94. The van der Waals surface area contributed by atoms with E-state index in [-0.39, 0.29) is 5.91 Å². The fourth-order valence-electron chi connectivity index (χ4n) is 3.45. The van der Waals surface area contributed by atoms with Crippen LogP contribution in [0.1, 0.15) is 10.4 Å². The van der Waals surface area contributed by atoms with Crippen molar-refractivity contribution in [2.45, 2.75) is 0 Å². The molecule has 9 heteroatoms. The Morgan fingerprint density at radius 3 is 2.70 bits per heavy atom. The smallest absolute Gasteiger partial charge is 0.254 e. The lowest BCUT2D eigenvalue weighted by Crippen LogP contribution is -2.49. The molecule has 0 unspecified atom stereocenters. The number of hydrogen-bond donors (Lipinski definition) is 1. The summed E-state index contributed by atoms with van der Waals surface area (Å²) in [5.41, 5.74) is 4.31. The number of amides is 1. The number of fused-ring (bicyclic) bond motifs is 1. The number of nitrogens with zero attached hydrogens (tertiary/aromatic N) is 6. The van der Waals surface area contributed by atoms with Crippen molar-refractivity contribution in [1.82, 2.24) is 25.1 Å². The Hall–Kier alpha value is -3.59. The molecule has 0 radical (unpaired) electrons. The highest BCUT2D eigenvalue weighted by Gasteiger charge is 2.23. The summed E-state index contributed by atoms with van der Waals surface area (Å²) in [5.74, 6) is 1.54. The number of hydrogen-bond acceptors (Lipinski definition) is 8. The maximum Gasteiger partial charge on any atom is 0.254 e. The Morgan fingerprint density at radius 2 is 1.93 bits per heavy atom.